The van der Waals surface area contributed by atoms with Crippen LogP contribution in [0.5, 0.6) is 0 Å². The van der Waals surface area contributed by atoms with E-state index < -0.39 is 0 Å². The Kier molecular flexibility index (Phi) is 4.82. The Hall–Kier alpha value is -3.93. The van der Waals surface area contributed by atoms with Gasteiger partial charge in [-0.3, -0.25) is 0 Å². The summed E-state index contributed by atoms with van der Waals surface area (Å²) in [5, 5.41) is 7.82. The van der Waals surface area contributed by atoms with Crippen LogP contribution in [0.4, 0.5) is 4.79 Å². The first-order valence-electron chi connectivity index (χ1n) is 13.8. The number of amides is 2. The van der Waals surface area contributed by atoms with Crippen LogP contribution in [-0.4, -0.2) is 39.7 Å². The van der Waals surface area contributed by atoms with Crippen LogP contribution < -0.4 is 5.32 Å². The van der Waals surface area contributed by atoms with Crippen molar-refractivity contribution in [3.8, 4) is 0 Å². The first-order valence-corrected chi connectivity index (χ1v) is 13.8. The largest absolute Gasteiger partial charge is 0.339 e. The quantitative estimate of drug-likeness (QED) is 0.368. The van der Waals surface area contributed by atoms with Gasteiger partial charge >= 0.3 is 6.03 Å². The molecular formula is C32H30N4O2. The summed E-state index contributed by atoms with van der Waals surface area (Å²) >= 11 is 0. The number of piperidine rings is 1. The molecule has 0 radical (unpaired) electrons. The molecule has 4 aromatic rings. The Labute approximate surface area is 222 Å². The lowest BCUT2D eigenvalue weighted by Gasteiger charge is -2.45. The van der Waals surface area contributed by atoms with Gasteiger partial charge in [0, 0.05) is 18.5 Å². The van der Waals surface area contributed by atoms with Crippen LogP contribution in [0.25, 0.3) is 0 Å². The zero-order valence-electron chi connectivity index (χ0n) is 21.1. The smallest absolute Gasteiger partial charge is 0.317 e. The molecule has 0 bridgehead atoms. The standard InChI is InChI=1S/C32H30N4O2/c37-31(33-26-16-24(26)20-10-4-1-5-11-20)36-19-23-17-32(23)18-25(28(32)36)30-34-29(35-38-30)27(21-12-6-2-7-13-21)22-14-8-3-9-15-22/h1-15,23-28H,16-19H2,(H,33,37). The average Bonchev–Trinajstić information content (AvgIpc) is 3.81. The van der Waals surface area contributed by atoms with E-state index in [-0.39, 0.29) is 35.4 Å². The van der Waals surface area contributed by atoms with Gasteiger partial charge in [-0.1, -0.05) is 96.2 Å². The van der Waals surface area contributed by atoms with Crippen molar-refractivity contribution in [2.75, 3.05) is 6.54 Å². The number of carbonyl (C=O) groups is 1. The van der Waals surface area contributed by atoms with E-state index in [1.54, 1.807) is 0 Å². The predicted molar refractivity (Wildman–Crippen MR) is 143 cm³/mol. The Balaban J connectivity index is 1.02. The number of carbonyl (C=O) groups excluding carboxylic acids is 1. The molecule has 3 aliphatic carbocycles. The molecule has 6 nitrogen and oxygen atoms in total. The van der Waals surface area contributed by atoms with E-state index in [0.717, 1.165) is 30.5 Å². The fraction of sp³-hybridized carbons (Fsp3) is 0.344. The highest BCUT2D eigenvalue weighted by Crippen LogP contribution is 2.75. The van der Waals surface area contributed by atoms with Gasteiger partial charge in [-0.15, -0.1) is 0 Å². The lowest BCUT2D eigenvalue weighted by molar-refractivity contribution is 0.0668. The lowest BCUT2D eigenvalue weighted by atomic mass is 9.66. The molecule has 1 spiro atoms. The zero-order valence-corrected chi connectivity index (χ0v) is 21.1. The maximum Gasteiger partial charge on any atom is 0.317 e. The molecule has 1 aromatic heterocycles. The number of hydrogen-bond acceptors (Lipinski definition) is 4. The first kappa shape index (κ1) is 22.1. The number of nitrogens with one attached hydrogen (secondary N) is 1. The lowest BCUT2D eigenvalue weighted by Crippen LogP contribution is -2.55. The molecular weight excluding hydrogens is 472 g/mol. The van der Waals surface area contributed by atoms with E-state index in [0.29, 0.717) is 23.6 Å². The minimum absolute atomic E-state index is 0.0703. The third kappa shape index (κ3) is 3.43. The Bertz CT molecular complexity index is 1430. The molecule has 6 heteroatoms. The topological polar surface area (TPSA) is 71.3 Å². The summed E-state index contributed by atoms with van der Waals surface area (Å²) < 4.78 is 5.94. The fourth-order valence-electron chi connectivity index (χ4n) is 7.41. The summed E-state index contributed by atoms with van der Waals surface area (Å²) in [5.41, 5.74) is 3.84. The van der Waals surface area contributed by atoms with Crippen molar-refractivity contribution >= 4 is 6.03 Å². The minimum Gasteiger partial charge on any atom is -0.339 e. The van der Waals surface area contributed by atoms with Gasteiger partial charge in [0.2, 0.25) is 5.89 Å². The molecule has 1 aliphatic heterocycles. The van der Waals surface area contributed by atoms with E-state index in [4.69, 9.17) is 9.51 Å². The Morgan fingerprint density at radius 2 is 1.55 bits per heavy atom. The molecule has 1 N–H and O–H groups in total. The van der Waals surface area contributed by atoms with Crippen LogP contribution in [0.1, 0.15) is 65.4 Å². The van der Waals surface area contributed by atoms with Crippen LogP contribution in [0.15, 0.2) is 95.5 Å². The molecule has 8 rings (SSSR count). The van der Waals surface area contributed by atoms with Crippen LogP contribution in [-0.2, 0) is 0 Å². The van der Waals surface area contributed by atoms with E-state index in [2.05, 4.69) is 63.9 Å². The van der Waals surface area contributed by atoms with E-state index >= 15 is 0 Å². The minimum atomic E-state index is -0.0922. The Morgan fingerprint density at radius 1 is 0.895 bits per heavy atom. The number of likely N-dealkylation sites (tertiary alicyclic amines) is 1. The molecule has 1 saturated heterocycles. The van der Waals surface area contributed by atoms with E-state index in [1.807, 2.05) is 42.5 Å². The molecule has 2 heterocycles. The average molecular weight is 503 g/mol. The van der Waals surface area contributed by atoms with Crippen molar-refractivity contribution in [1.29, 1.82) is 0 Å². The van der Waals surface area contributed by atoms with Gasteiger partial charge in [0.15, 0.2) is 5.82 Å². The third-order valence-electron chi connectivity index (χ3n) is 9.49. The highest BCUT2D eigenvalue weighted by atomic mass is 16.5. The van der Waals surface area contributed by atoms with Gasteiger partial charge in [-0.05, 0) is 47.3 Å². The van der Waals surface area contributed by atoms with Crippen molar-refractivity contribution in [1.82, 2.24) is 20.4 Å². The van der Waals surface area contributed by atoms with Gasteiger partial charge in [0.05, 0.1) is 17.9 Å². The predicted octanol–water partition coefficient (Wildman–Crippen LogP) is 5.69. The monoisotopic (exact) mass is 502 g/mol. The number of rotatable bonds is 6. The SMILES string of the molecule is O=C(NC1CC1c1ccccc1)N1CC2CC23CC(c2nc(C(c4ccccc4)c4ccccc4)no2)C13. The molecule has 6 unspecified atom stereocenters. The van der Waals surface area contributed by atoms with Gasteiger partial charge in [0.25, 0.3) is 0 Å². The normalized spacial score (nSPS) is 30.3. The highest BCUT2D eigenvalue weighted by Gasteiger charge is 2.76. The molecule has 190 valence electrons. The van der Waals surface area contributed by atoms with Crippen LogP contribution in [0.3, 0.4) is 0 Å². The second-order valence-corrected chi connectivity index (χ2v) is 11.6. The number of nitrogens with zero attached hydrogens (tertiary/aromatic N) is 3. The summed E-state index contributed by atoms with van der Waals surface area (Å²) in [5.74, 6) is 2.41. The van der Waals surface area contributed by atoms with E-state index in [1.165, 1.54) is 12.0 Å². The number of hydrogen-bond donors (Lipinski definition) is 1. The van der Waals surface area contributed by atoms with Crippen LogP contribution in [0.2, 0.25) is 0 Å². The van der Waals surface area contributed by atoms with Gasteiger partial charge in [-0.2, -0.15) is 4.98 Å². The summed E-state index contributed by atoms with van der Waals surface area (Å²) in [4.78, 5) is 20.5. The number of urea groups is 1. The van der Waals surface area contributed by atoms with Crippen molar-refractivity contribution in [3.05, 3.63) is 119 Å². The summed E-state index contributed by atoms with van der Waals surface area (Å²) in [6.07, 6.45) is 3.26. The van der Waals surface area contributed by atoms with Gasteiger partial charge in [0.1, 0.15) is 0 Å². The van der Waals surface area contributed by atoms with Crippen molar-refractivity contribution in [3.63, 3.8) is 0 Å². The molecule has 4 fully saturated rings. The van der Waals surface area contributed by atoms with Gasteiger partial charge in [-0.25, -0.2) is 4.79 Å². The first-order chi connectivity index (χ1) is 18.7. The molecule has 2 amide bonds. The van der Waals surface area contributed by atoms with E-state index in [9.17, 15) is 4.79 Å². The maximum atomic E-state index is 13.4. The number of benzene rings is 3. The van der Waals surface area contributed by atoms with Crippen LogP contribution in [0, 0.1) is 11.3 Å². The summed E-state index contributed by atoms with van der Waals surface area (Å²) in [6, 6.07) is 31.6. The zero-order chi connectivity index (χ0) is 25.3. The van der Waals surface area contributed by atoms with Crippen molar-refractivity contribution in [2.45, 2.75) is 49.1 Å². The molecule has 3 aromatic carbocycles. The summed E-state index contributed by atoms with van der Waals surface area (Å²) in [6.45, 7) is 0.841. The molecule has 3 saturated carbocycles. The molecule has 4 aliphatic rings. The highest BCUT2D eigenvalue weighted by molar-refractivity contribution is 5.77. The maximum absolute atomic E-state index is 13.4. The summed E-state index contributed by atoms with van der Waals surface area (Å²) in [7, 11) is 0. The third-order valence-corrected chi connectivity index (χ3v) is 9.49. The second kappa shape index (κ2) is 8.29. The second-order valence-electron chi connectivity index (χ2n) is 11.6. The molecule has 6 atom stereocenters. The fourth-order valence-corrected chi connectivity index (χ4v) is 7.41. The van der Waals surface area contributed by atoms with Crippen LogP contribution >= 0.6 is 0 Å². The molecule has 38 heavy (non-hydrogen) atoms. The van der Waals surface area contributed by atoms with Crippen molar-refractivity contribution < 1.29 is 9.32 Å². The van der Waals surface area contributed by atoms with Gasteiger partial charge < -0.3 is 14.7 Å². The number of aromatic nitrogens is 2. The van der Waals surface area contributed by atoms with Crippen molar-refractivity contribution in [2.24, 2.45) is 11.3 Å². The Morgan fingerprint density at radius 3 is 2.24 bits per heavy atom.